The van der Waals surface area contributed by atoms with Crippen LogP contribution in [0, 0.1) is 0 Å². The molecule has 6 heteroatoms. The Balaban J connectivity index is 1.55. The maximum Gasteiger partial charge on any atom is 0.271 e. The molecule has 92 valence electrons. The van der Waals surface area contributed by atoms with E-state index in [0.717, 1.165) is 25.6 Å². The first-order chi connectivity index (χ1) is 8.22. The summed E-state index contributed by atoms with van der Waals surface area (Å²) in [6, 6.07) is 1.05. The Kier molecular flexibility index (Phi) is 2.76. The zero-order chi connectivity index (χ0) is 11.8. The van der Waals surface area contributed by atoms with Gasteiger partial charge in [0.2, 0.25) is 0 Å². The lowest BCUT2D eigenvalue weighted by molar-refractivity contribution is 0.0933. The van der Waals surface area contributed by atoms with Gasteiger partial charge in [-0.3, -0.25) is 9.69 Å². The van der Waals surface area contributed by atoms with Crippen molar-refractivity contribution in [2.45, 2.75) is 31.3 Å². The molecule has 2 aliphatic rings. The monoisotopic (exact) mass is 252 g/mol. The van der Waals surface area contributed by atoms with Crippen molar-refractivity contribution in [1.29, 1.82) is 0 Å². The maximum atomic E-state index is 11.9. The van der Waals surface area contributed by atoms with Gasteiger partial charge in [0.15, 0.2) is 5.13 Å². The molecule has 2 heterocycles. The number of rotatable bonds is 3. The fourth-order valence-electron chi connectivity index (χ4n) is 2.33. The van der Waals surface area contributed by atoms with Gasteiger partial charge in [-0.15, -0.1) is 11.3 Å². The maximum absolute atomic E-state index is 11.9. The van der Waals surface area contributed by atoms with Crippen LogP contribution in [-0.2, 0) is 0 Å². The van der Waals surface area contributed by atoms with E-state index in [2.05, 4.69) is 15.2 Å². The molecule has 1 aliphatic heterocycles. The number of hydrogen-bond donors (Lipinski definition) is 2. The number of nitrogens with one attached hydrogen (secondary N) is 1. The van der Waals surface area contributed by atoms with E-state index in [4.69, 9.17) is 5.73 Å². The van der Waals surface area contributed by atoms with Gasteiger partial charge in [0.1, 0.15) is 5.69 Å². The van der Waals surface area contributed by atoms with Crippen LogP contribution < -0.4 is 11.1 Å². The molecule has 1 saturated carbocycles. The Bertz CT molecular complexity index is 429. The quantitative estimate of drug-likeness (QED) is 0.830. The van der Waals surface area contributed by atoms with Crippen LogP contribution in [0.15, 0.2) is 5.38 Å². The van der Waals surface area contributed by atoms with E-state index >= 15 is 0 Å². The fourth-order valence-corrected chi connectivity index (χ4v) is 2.87. The number of likely N-dealkylation sites (tertiary alicyclic amines) is 1. The lowest BCUT2D eigenvalue weighted by Crippen LogP contribution is -2.37. The highest BCUT2D eigenvalue weighted by molar-refractivity contribution is 7.13. The van der Waals surface area contributed by atoms with Gasteiger partial charge in [0, 0.05) is 30.6 Å². The standard InChI is InChI=1S/C11H16N4OS/c12-11-14-9(6-17-11)10(16)13-7-3-4-15(5-7)8-1-2-8/h6-8H,1-5H2,(H2,12,14)(H,13,16). The normalized spacial score (nSPS) is 25.1. The zero-order valence-corrected chi connectivity index (χ0v) is 10.4. The highest BCUT2D eigenvalue weighted by Crippen LogP contribution is 2.29. The van der Waals surface area contributed by atoms with Crippen LogP contribution in [0.4, 0.5) is 5.13 Å². The molecule has 0 spiro atoms. The van der Waals surface area contributed by atoms with E-state index in [1.807, 2.05) is 0 Å². The van der Waals surface area contributed by atoms with Gasteiger partial charge >= 0.3 is 0 Å². The summed E-state index contributed by atoms with van der Waals surface area (Å²) in [6.45, 7) is 2.09. The average Bonchev–Trinajstić information content (AvgIpc) is 2.90. The van der Waals surface area contributed by atoms with Gasteiger partial charge in [-0.05, 0) is 19.3 Å². The second-order valence-corrected chi connectivity index (χ2v) is 5.65. The molecular weight excluding hydrogens is 236 g/mol. The number of thiazole rings is 1. The van der Waals surface area contributed by atoms with Crippen molar-refractivity contribution < 1.29 is 4.79 Å². The number of hydrogen-bond acceptors (Lipinski definition) is 5. The summed E-state index contributed by atoms with van der Waals surface area (Å²) in [4.78, 5) is 18.3. The highest BCUT2D eigenvalue weighted by Gasteiger charge is 2.34. The third kappa shape index (κ3) is 2.42. The molecule has 3 rings (SSSR count). The van der Waals surface area contributed by atoms with Crippen molar-refractivity contribution in [3.8, 4) is 0 Å². The Hall–Kier alpha value is -1.14. The number of amides is 1. The van der Waals surface area contributed by atoms with Gasteiger partial charge in [-0.25, -0.2) is 4.98 Å². The Morgan fingerprint density at radius 3 is 3.00 bits per heavy atom. The molecule has 0 radical (unpaired) electrons. The van der Waals surface area contributed by atoms with Crippen molar-refractivity contribution in [1.82, 2.24) is 15.2 Å². The molecule has 1 amide bonds. The predicted molar refractivity (Wildman–Crippen MR) is 67.0 cm³/mol. The average molecular weight is 252 g/mol. The van der Waals surface area contributed by atoms with Crippen molar-refractivity contribution in [3.05, 3.63) is 11.1 Å². The van der Waals surface area contributed by atoms with Crippen molar-refractivity contribution in [3.63, 3.8) is 0 Å². The van der Waals surface area contributed by atoms with E-state index < -0.39 is 0 Å². The predicted octanol–water partition coefficient (Wildman–Crippen LogP) is 0.692. The summed E-state index contributed by atoms with van der Waals surface area (Å²) in [5.41, 5.74) is 5.96. The lowest BCUT2D eigenvalue weighted by Gasteiger charge is -2.15. The summed E-state index contributed by atoms with van der Waals surface area (Å²) in [5, 5.41) is 5.18. The summed E-state index contributed by atoms with van der Waals surface area (Å²) in [5.74, 6) is -0.0967. The zero-order valence-electron chi connectivity index (χ0n) is 9.56. The molecule has 1 unspecified atom stereocenters. The summed E-state index contributed by atoms with van der Waals surface area (Å²) in [7, 11) is 0. The van der Waals surface area contributed by atoms with Gasteiger partial charge in [-0.2, -0.15) is 0 Å². The van der Waals surface area contributed by atoms with E-state index in [-0.39, 0.29) is 11.9 Å². The molecule has 5 nitrogen and oxygen atoms in total. The third-order valence-electron chi connectivity index (χ3n) is 3.37. The molecule has 1 aromatic rings. The Morgan fingerprint density at radius 2 is 2.35 bits per heavy atom. The molecular formula is C11H16N4OS. The molecule has 17 heavy (non-hydrogen) atoms. The van der Waals surface area contributed by atoms with E-state index in [0.29, 0.717) is 10.8 Å². The second-order valence-electron chi connectivity index (χ2n) is 4.76. The van der Waals surface area contributed by atoms with Crippen LogP contribution >= 0.6 is 11.3 Å². The minimum Gasteiger partial charge on any atom is -0.375 e. The van der Waals surface area contributed by atoms with Crippen molar-refractivity contribution >= 4 is 22.4 Å². The molecule has 1 aliphatic carbocycles. The molecule has 0 bridgehead atoms. The number of carbonyl (C=O) groups is 1. The van der Waals surface area contributed by atoms with Crippen LogP contribution in [0.25, 0.3) is 0 Å². The van der Waals surface area contributed by atoms with Crippen LogP contribution in [0.5, 0.6) is 0 Å². The second kappa shape index (κ2) is 4.27. The van der Waals surface area contributed by atoms with Gasteiger partial charge in [0.25, 0.3) is 5.91 Å². The lowest BCUT2D eigenvalue weighted by atomic mass is 10.2. The molecule has 2 fully saturated rings. The number of nitrogens with two attached hydrogens (primary N) is 1. The minimum atomic E-state index is -0.0967. The first-order valence-corrected chi connectivity index (χ1v) is 6.86. The summed E-state index contributed by atoms with van der Waals surface area (Å²) in [6.07, 6.45) is 3.69. The van der Waals surface area contributed by atoms with E-state index in [1.165, 1.54) is 24.2 Å². The number of nitrogens with zero attached hydrogens (tertiary/aromatic N) is 2. The molecule has 1 saturated heterocycles. The Labute approximate surface area is 104 Å². The smallest absolute Gasteiger partial charge is 0.271 e. The summed E-state index contributed by atoms with van der Waals surface area (Å²) >= 11 is 1.30. The van der Waals surface area contributed by atoms with Crippen LogP contribution in [-0.4, -0.2) is 41.0 Å². The topological polar surface area (TPSA) is 71.2 Å². The van der Waals surface area contributed by atoms with Gasteiger partial charge in [-0.1, -0.05) is 0 Å². The largest absolute Gasteiger partial charge is 0.375 e. The van der Waals surface area contributed by atoms with Gasteiger partial charge < -0.3 is 11.1 Å². The van der Waals surface area contributed by atoms with Crippen LogP contribution in [0.3, 0.4) is 0 Å². The third-order valence-corrected chi connectivity index (χ3v) is 4.05. The number of aromatic nitrogens is 1. The molecule has 3 N–H and O–H groups in total. The number of anilines is 1. The minimum absolute atomic E-state index is 0.0967. The number of carbonyl (C=O) groups excluding carboxylic acids is 1. The van der Waals surface area contributed by atoms with Crippen molar-refractivity contribution in [2.75, 3.05) is 18.8 Å². The van der Waals surface area contributed by atoms with Crippen molar-refractivity contribution in [2.24, 2.45) is 0 Å². The first kappa shape index (κ1) is 11.0. The molecule has 1 atom stereocenters. The van der Waals surface area contributed by atoms with Crippen LogP contribution in [0.1, 0.15) is 29.8 Å². The molecule has 0 aromatic carbocycles. The first-order valence-electron chi connectivity index (χ1n) is 5.98. The SMILES string of the molecule is Nc1nc(C(=O)NC2CCN(C3CC3)C2)cs1. The Morgan fingerprint density at radius 1 is 1.53 bits per heavy atom. The molecule has 1 aromatic heterocycles. The van der Waals surface area contributed by atoms with E-state index in [1.54, 1.807) is 5.38 Å². The highest BCUT2D eigenvalue weighted by atomic mass is 32.1. The van der Waals surface area contributed by atoms with Gasteiger partial charge in [0.05, 0.1) is 0 Å². The fraction of sp³-hybridized carbons (Fsp3) is 0.636. The van der Waals surface area contributed by atoms with E-state index in [9.17, 15) is 4.79 Å². The summed E-state index contributed by atoms with van der Waals surface area (Å²) < 4.78 is 0. The van der Waals surface area contributed by atoms with Crippen LogP contribution in [0.2, 0.25) is 0 Å². The number of nitrogen functional groups attached to an aromatic ring is 1.